The van der Waals surface area contributed by atoms with E-state index in [-0.39, 0.29) is 5.91 Å². The van der Waals surface area contributed by atoms with Gasteiger partial charge in [0.25, 0.3) is 0 Å². The van der Waals surface area contributed by atoms with Crippen molar-refractivity contribution >= 4 is 21.8 Å². The van der Waals surface area contributed by atoms with Crippen LogP contribution in [0.3, 0.4) is 0 Å². The quantitative estimate of drug-likeness (QED) is 0.807. The van der Waals surface area contributed by atoms with Crippen molar-refractivity contribution < 1.29 is 4.79 Å². The molecule has 0 aromatic carbocycles. The minimum Gasteiger partial charge on any atom is -0.342 e. The van der Waals surface area contributed by atoms with Gasteiger partial charge in [-0.15, -0.1) is 0 Å². The number of carbonyl (C=O) groups is 1. The topological polar surface area (TPSA) is 32.3 Å². The van der Waals surface area contributed by atoms with Gasteiger partial charge in [-0.1, -0.05) is 22.5 Å². The second kappa shape index (κ2) is 5.40. The molecule has 0 atom stereocenters. The lowest BCUT2D eigenvalue weighted by molar-refractivity contribution is -0.129. The molecule has 13 heavy (non-hydrogen) atoms. The van der Waals surface area contributed by atoms with Gasteiger partial charge in [-0.2, -0.15) is 0 Å². The van der Waals surface area contributed by atoms with Crippen LogP contribution in [0.5, 0.6) is 0 Å². The first-order valence-corrected chi connectivity index (χ1v) is 5.31. The van der Waals surface area contributed by atoms with Crippen LogP contribution in [0.4, 0.5) is 0 Å². The first-order valence-electron chi connectivity index (χ1n) is 4.52. The molecule has 1 amide bonds. The van der Waals surface area contributed by atoms with Crippen molar-refractivity contribution in [3.05, 3.63) is 11.1 Å². The van der Waals surface area contributed by atoms with Crippen molar-refractivity contribution in [3.63, 3.8) is 0 Å². The van der Waals surface area contributed by atoms with E-state index in [1.807, 2.05) is 4.90 Å². The summed E-state index contributed by atoms with van der Waals surface area (Å²) in [6, 6.07) is 0. The molecule has 0 bridgehead atoms. The van der Waals surface area contributed by atoms with E-state index in [0.29, 0.717) is 13.1 Å². The van der Waals surface area contributed by atoms with Crippen LogP contribution in [-0.2, 0) is 4.79 Å². The summed E-state index contributed by atoms with van der Waals surface area (Å²) in [6.07, 6.45) is 2.30. The number of amides is 1. The number of halogens is 1. The van der Waals surface area contributed by atoms with Gasteiger partial charge in [0.1, 0.15) is 0 Å². The molecule has 0 radical (unpaired) electrons. The van der Waals surface area contributed by atoms with Crippen LogP contribution in [-0.4, -0.2) is 37.0 Å². The predicted octanol–water partition coefficient (Wildman–Crippen LogP) is 1.11. The van der Waals surface area contributed by atoms with Crippen LogP contribution in [0.2, 0.25) is 0 Å². The lowest BCUT2D eigenvalue weighted by atomic mass is 10.4. The van der Waals surface area contributed by atoms with Crippen LogP contribution < -0.4 is 5.32 Å². The Kier molecular flexibility index (Phi) is 4.45. The van der Waals surface area contributed by atoms with Crippen molar-refractivity contribution in [1.82, 2.24) is 10.2 Å². The van der Waals surface area contributed by atoms with E-state index in [0.717, 1.165) is 30.4 Å². The number of likely N-dealkylation sites (tertiary alicyclic amines) is 1. The Hall–Kier alpha value is -0.350. The first kappa shape index (κ1) is 10.7. The summed E-state index contributed by atoms with van der Waals surface area (Å²) in [5.41, 5.74) is 0. The van der Waals surface area contributed by atoms with Gasteiger partial charge in [0.05, 0.1) is 6.54 Å². The van der Waals surface area contributed by atoms with Crippen LogP contribution in [0.1, 0.15) is 12.8 Å². The Morgan fingerprint density at radius 1 is 1.38 bits per heavy atom. The van der Waals surface area contributed by atoms with Gasteiger partial charge in [-0.3, -0.25) is 4.79 Å². The van der Waals surface area contributed by atoms with E-state index in [9.17, 15) is 4.79 Å². The van der Waals surface area contributed by atoms with Crippen LogP contribution in [0, 0.1) is 0 Å². The monoisotopic (exact) mass is 246 g/mol. The third-order valence-electron chi connectivity index (χ3n) is 2.05. The largest absolute Gasteiger partial charge is 0.342 e. The number of carbonyl (C=O) groups excluding carboxylic acids is 1. The van der Waals surface area contributed by atoms with E-state index in [1.54, 1.807) is 0 Å². The fourth-order valence-corrected chi connectivity index (χ4v) is 1.58. The maximum absolute atomic E-state index is 11.4. The third kappa shape index (κ3) is 3.91. The van der Waals surface area contributed by atoms with Crippen molar-refractivity contribution in [3.8, 4) is 0 Å². The molecule has 1 fully saturated rings. The second-order valence-electron chi connectivity index (χ2n) is 3.21. The van der Waals surface area contributed by atoms with E-state index in [4.69, 9.17) is 0 Å². The zero-order valence-electron chi connectivity index (χ0n) is 7.68. The molecule has 1 heterocycles. The lowest BCUT2D eigenvalue weighted by Crippen LogP contribution is -2.36. The first-order chi connectivity index (χ1) is 6.20. The Morgan fingerprint density at radius 2 is 2.00 bits per heavy atom. The molecule has 1 aliphatic rings. The lowest BCUT2D eigenvalue weighted by Gasteiger charge is -2.15. The molecule has 1 aliphatic heterocycles. The molecule has 3 nitrogen and oxygen atoms in total. The maximum atomic E-state index is 11.4. The molecule has 0 aliphatic carbocycles. The molecular weight excluding hydrogens is 232 g/mol. The van der Waals surface area contributed by atoms with Crippen LogP contribution in [0.25, 0.3) is 0 Å². The second-order valence-corrected chi connectivity index (χ2v) is 4.33. The Bertz CT molecular complexity index is 200. The minimum atomic E-state index is 0.200. The zero-order valence-corrected chi connectivity index (χ0v) is 9.27. The highest BCUT2D eigenvalue weighted by molar-refractivity contribution is 9.11. The molecule has 1 saturated heterocycles. The average molecular weight is 247 g/mol. The Morgan fingerprint density at radius 3 is 2.54 bits per heavy atom. The summed E-state index contributed by atoms with van der Waals surface area (Å²) in [5, 5.41) is 3.02. The van der Waals surface area contributed by atoms with E-state index < -0.39 is 0 Å². The summed E-state index contributed by atoms with van der Waals surface area (Å²) >= 11 is 3.23. The number of nitrogens with one attached hydrogen (secondary N) is 1. The number of nitrogens with zero attached hydrogens (tertiary/aromatic N) is 1. The zero-order chi connectivity index (χ0) is 9.68. The molecule has 0 spiro atoms. The highest BCUT2D eigenvalue weighted by atomic mass is 79.9. The molecule has 0 unspecified atom stereocenters. The fraction of sp³-hybridized carbons (Fsp3) is 0.667. The van der Waals surface area contributed by atoms with Gasteiger partial charge < -0.3 is 10.2 Å². The van der Waals surface area contributed by atoms with Crippen molar-refractivity contribution in [1.29, 1.82) is 0 Å². The molecule has 4 heteroatoms. The summed E-state index contributed by atoms with van der Waals surface area (Å²) in [5.74, 6) is 0.200. The SMILES string of the molecule is C=C(Br)CNCC(=O)N1CCCC1. The molecule has 0 aromatic rings. The minimum absolute atomic E-state index is 0.200. The smallest absolute Gasteiger partial charge is 0.236 e. The van der Waals surface area contributed by atoms with E-state index in [2.05, 4.69) is 27.8 Å². The summed E-state index contributed by atoms with van der Waals surface area (Å²) in [7, 11) is 0. The van der Waals surface area contributed by atoms with Crippen molar-refractivity contribution in [2.24, 2.45) is 0 Å². The van der Waals surface area contributed by atoms with Crippen LogP contribution in [0.15, 0.2) is 11.1 Å². The number of rotatable bonds is 4. The molecular formula is C9H15BrN2O. The van der Waals surface area contributed by atoms with Gasteiger partial charge in [0.2, 0.25) is 5.91 Å². The van der Waals surface area contributed by atoms with Gasteiger partial charge in [0.15, 0.2) is 0 Å². The molecule has 74 valence electrons. The third-order valence-corrected chi connectivity index (χ3v) is 2.33. The van der Waals surface area contributed by atoms with E-state index >= 15 is 0 Å². The molecule has 1 N–H and O–H groups in total. The average Bonchev–Trinajstić information content (AvgIpc) is 2.55. The summed E-state index contributed by atoms with van der Waals surface area (Å²) in [4.78, 5) is 13.4. The molecule has 1 rings (SSSR count). The van der Waals surface area contributed by atoms with Gasteiger partial charge in [-0.05, 0) is 12.8 Å². The Balaban J connectivity index is 2.13. The maximum Gasteiger partial charge on any atom is 0.236 e. The Labute approximate surface area is 87.3 Å². The normalized spacial score (nSPS) is 16.2. The standard InChI is InChI=1S/C9H15BrN2O/c1-8(10)6-11-7-9(13)12-4-2-3-5-12/h11H,1-7H2. The number of hydrogen-bond donors (Lipinski definition) is 1. The summed E-state index contributed by atoms with van der Waals surface area (Å²) < 4.78 is 0.877. The van der Waals surface area contributed by atoms with Gasteiger partial charge >= 0.3 is 0 Å². The van der Waals surface area contributed by atoms with Crippen molar-refractivity contribution in [2.75, 3.05) is 26.2 Å². The highest BCUT2D eigenvalue weighted by Crippen LogP contribution is 2.06. The van der Waals surface area contributed by atoms with Crippen molar-refractivity contribution in [2.45, 2.75) is 12.8 Å². The summed E-state index contributed by atoms with van der Waals surface area (Å²) in [6.45, 7) is 6.61. The van der Waals surface area contributed by atoms with E-state index in [1.165, 1.54) is 0 Å². The molecule has 0 saturated carbocycles. The highest BCUT2D eigenvalue weighted by Gasteiger charge is 2.16. The molecule has 0 aromatic heterocycles. The van der Waals surface area contributed by atoms with Gasteiger partial charge in [0, 0.05) is 24.1 Å². The number of hydrogen-bond acceptors (Lipinski definition) is 2. The van der Waals surface area contributed by atoms with Crippen LogP contribution >= 0.6 is 15.9 Å². The predicted molar refractivity (Wildman–Crippen MR) is 56.8 cm³/mol. The fourth-order valence-electron chi connectivity index (χ4n) is 1.38. The van der Waals surface area contributed by atoms with Gasteiger partial charge in [-0.25, -0.2) is 0 Å².